The molecule has 1 fully saturated rings. The molecule has 26 heavy (non-hydrogen) atoms. The summed E-state index contributed by atoms with van der Waals surface area (Å²) in [6.07, 6.45) is 6.71. The van der Waals surface area contributed by atoms with Gasteiger partial charge in [0.25, 0.3) is 0 Å². The fraction of sp³-hybridized carbons (Fsp3) is 0.909. The first-order valence-electron chi connectivity index (χ1n) is 10.1. The van der Waals surface area contributed by atoms with E-state index >= 15 is 0 Å². The Balaban J connectivity index is 2.74. The third-order valence-corrected chi connectivity index (χ3v) is 6.05. The molecule has 1 saturated carbocycles. The van der Waals surface area contributed by atoms with Crippen molar-refractivity contribution in [3.63, 3.8) is 0 Å². The lowest BCUT2D eigenvalue weighted by molar-refractivity contribution is -0.180. The Hall–Kier alpha value is -1.06. The van der Waals surface area contributed by atoms with Crippen molar-refractivity contribution in [3.8, 4) is 0 Å². The zero-order chi connectivity index (χ0) is 20.2. The Morgan fingerprint density at radius 1 is 0.923 bits per heavy atom. The molecular formula is C22H40O4. The molecule has 1 aliphatic carbocycles. The van der Waals surface area contributed by atoms with Gasteiger partial charge >= 0.3 is 11.9 Å². The van der Waals surface area contributed by atoms with Crippen molar-refractivity contribution in [1.82, 2.24) is 0 Å². The van der Waals surface area contributed by atoms with Crippen molar-refractivity contribution >= 4 is 11.9 Å². The highest BCUT2D eigenvalue weighted by Crippen LogP contribution is 2.47. The summed E-state index contributed by atoms with van der Waals surface area (Å²) < 4.78 is 11.2. The smallest absolute Gasteiger partial charge is 0.344 e. The summed E-state index contributed by atoms with van der Waals surface area (Å²) in [5, 5.41) is 0. The van der Waals surface area contributed by atoms with Crippen LogP contribution in [0.4, 0.5) is 0 Å². The molecule has 0 N–H and O–H groups in total. The van der Waals surface area contributed by atoms with E-state index in [2.05, 4.69) is 27.7 Å². The average Bonchev–Trinajstić information content (AvgIpc) is 2.50. The van der Waals surface area contributed by atoms with Gasteiger partial charge in [-0.1, -0.05) is 54.9 Å². The van der Waals surface area contributed by atoms with Crippen LogP contribution >= 0.6 is 0 Å². The molecule has 0 bridgehead atoms. The van der Waals surface area contributed by atoms with Gasteiger partial charge in [-0.3, -0.25) is 4.79 Å². The van der Waals surface area contributed by atoms with Gasteiger partial charge in [0, 0.05) is 0 Å². The van der Waals surface area contributed by atoms with E-state index in [1.54, 1.807) is 0 Å². The Labute approximate surface area is 160 Å². The molecule has 0 saturated heterocycles. The normalized spacial score (nSPS) is 20.2. The van der Waals surface area contributed by atoms with Crippen molar-refractivity contribution < 1.29 is 19.1 Å². The van der Waals surface area contributed by atoms with Gasteiger partial charge in [0.05, 0.1) is 5.41 Å². The summed E-state index contributed by atoms with van der Waals surface area (Å²) in [7, 11) is 0. The van der Waals surface area contributed by atoms with E-state index in [1.807, 2.05) is 27.7 Å². The number of hydrogen-bond acceptors (Lipinski definition) is 4. The van der Waals surface area contributed by atoms with Gasteiger partial charge in [0.1, 0.15) is 5.60 Å². The Morgan fingerprint density at radius 2 is 1.46 bits per heavy atom. The highest BCUT2D eigenvalue weighted by atomic mass is 16.6. The van der Waals surface area contributed by atoms with Crippen LogP contribution in [0.1, 0.15) is 100 Å². The largest absolute Gasteiger partial charge is 0.457 e. The summed E-state index contributed by atoms with van der Waals surface area (Å²) in [6, 6.07) is 0. The summed E-state index contributed by atoms with van der Waals surface area (Å²) in [5.41, 5.74) is -1.31. The topological polar surface area (TPSA) is 52.6 Å². The quantitative estimate of drug-likeness (QED) is 0.566. The van der Waals surface area contributed by atoms with Gasteiger partial charge < -0.3 is 9.47 Å². The molecule has 152 valence electrons. The lowest BCUT2D eigenvalue weighted by atomic mass is 9.61. The first-order valence-corrected chi connectivity index (χ1v) is 10.1. The fourth-order valence-electron chi connectivity index (χ4n) is 3.98. The van der Waals surface area contributed by atoms with Gasteiger partial charge in [-0.05, 0) is 56.3 Å². The van der Waals surface area contributed by atoms with Gasteiger partial charge in [-0.15, -0.1) is 0 Å². The van der Waals surface area contributed by atoms with E-state index in [-0.39, 0.29) is 29.0 Å². The molecule has 0 aromatic heterocycles. The summed E-state index contributed by atoms with van der Waals surface area (Å²) in [5.74, 6) is -0.736. The number of esters is 2. The molecule has 1 unspecified atom stereocenters. The summed E-state index contributed by atoms with van der Waals surface area (Å²) in [6.45, 7) is 16.2. The Kier molecular flexibility index (Phi) is 7.34. The van der Waals surface area contributed by atoms with Crippen molar-refractivity contribution in [2.24, 2.45) is 16.2 Å². The second-order valence-electron chi connectivity index (χ2n) is 10.5. The molecule has 0 heterocycles. The molecule has 0 aromatic carbocycles. The maximum atomic E-state index is 12.9. The zero-order valence-electron chi connectivity index (χ0n) is 18.3. The lowest BCUT2D eigenvalue weighted by Crippen LogP contribution is -2.45. The number of rotatable bonds is 6. The Morgan fingerprint density at radius 3 is 1.88 bits per heavy atom. The minimum atomic E-state index is -0.668. The van der Waals surface area contributed by atoms with Crippen LogP contribution in [-0.4, -0.2) is 24.1 Å². The molecule has 4 nitrogen and oxygen atoms in total. The minimum absolute atomic E-state index is 0.0179. The third-order valence-electron chi connectivity index (χ3n) is 6.05. The molecule has 1 rings (SSSR count). The fourth-order valence-corrected chi connectivity index (χ4v) is 3.98. The van der Waals surface area contributed by atoms with Crippen molar-refractivity contribution in [1.29, 1.82) is 0 Å². The average molecular weight is 369 g/mol. The van der Waals surface area contributed by atoms with E-state index in [0.29, 0.717) is 6.42 Å². The number of ether oxygens (including phenoxy) is 2. The monoisotopic (exact) mass is 368 g/mol. The first-order chi connectivity index (χ1) is 11.7. The molecule has 1 atom stereocenters. The number of hydrogen-bond donors (Lipinski definition) is 0. The van der Waals surface area contributed by atoms with Crippen LogP contribution in [0.5, 0.6) is 0 Å². The number of carbonyl (C=O) groups is 2. The second kappa shape index (κ2) is 8.31. The Bertz CT molecular complexity index is 489. The summed E-state index contributed by atoms with van der Waals surface area (Å²) >= 11 is 0. The van der Waals surface area contributed by atoms with Crippen LogP contribution in [0.3, 0.4) is 0 Å². The van der Waals surface area contributed by atoms with E-state index in [4.69, 9.17) is 9.47 Å². The van der Waals surface area contributed by atoms with Gasteiger partial charge in [0.2, 0.25) is 0 Å². The zero-order valence-corrected chi connectivity index (χ0v) is 18.3. The van der Waals surface area contributed by atoms with Crippen LogP contribution in [0.15, 0.2) is 0 Å². The molecule has 0 aromatic rings. The minimum Gasteiger partial charge on any atom is -0.457 e. The second-order valence-corrected chi connectivity index (χ2v) is 10.5. The lowest BCUT2D eigenvalue weighted by Gasteiger charge is -2.43. The molecule has 0 spiro atoms. The van der Waals surface area contributed by atoms with E-state index in [1.165, 1.54) is 6.42 Å². The molecule has 0 amide bonds. The van der Waals surface area contributed by atoms with Crippen molar-refractivity contribution in [2.75, 3.05) is 6.61 Å². The van der Waals surface area contributed by atoms with Crippen LogP contribution in [0.25, 0.3) is 0 Å². The predicted octanol–water partition coefficient (Wildman–Crippen LogP) is 5.67. The third kappa shape index (κ3) is 5.99. The molecular weight excluding hydrogens is 328 g/mol. The van der Waals surface area contributed by atoms with E-state index in [0.717, 1.165) is 32.1 Å². The summed E-state index contributed by atoms with van der Waals surface area (Å²) in [4.78, 5) is 25.2. The highest BCUT2D eigenvalue weighted by Gasteiger charge is 2.48. The maximum Gasteiger partial charge on any atom is 0.344 e. The molecule has 0 radical (unpaired) electrons. The highest BCUT2D eigenvalue weighted by molar-refractivity contribution is 5.81. The number of carbonyl (C=O) groups excluding carboxylic acids is 2. The SMILES string of the molecule is CCC1(OC(=O)COC(=O)C(C)(CC(C)(C)C)C(C)(C)C)CCCCC1. The first kappa shape index (κ1) is 23.0. The maximum absolute atomic E-state index is 12.9. The molecule has 0 aliphatic heterocycles. The van der Waals surface area contributed by atoms with Crippen LogP contribution < -0.4 is 0 Å². The molecule has 1 aliphatic rings. The predicted molar refractivity (Wildman–Crippen MR) is 105 cm³/mol. The van der Waals surface area contributed by atoms with E-state index < -0.39 is 11.4 Å². The van der Waals surface area contributed by atoms with Crippen LogP contribution in [0, 0.1) is 16.2 Å². The van der Waals surface area contributed by atoms with Gasteiger partial charge in [-0.2, -0.15) is 0 Å². The van der Waals surface area contributed by atoms with Crippen LogP contribution in [0.2, 0.25) is 0 Å². The van der Waals surface area contributed by atoms with Crippen molar-refractivity contribution in [2.45, 2.75) is 106 Å². The van der Waals surface area contributed by atoms with E-state index in [9.17, 15) is 9.59 Å². The van der Waals surface area contributed by atoms with Crippen molar-refractivity contribution in [3.05, 3.63) is 0 Å². The molecule has 4 heteroatoms. The van der Waals surface area contributed by atoms with Crippen LogP contribution in [-0.2, 0) is 19.1 Å². The standard InChI is InChI=1S/C22H40O4/c1-9-22(13-11-10-12-14-22)26-17(23)15-25-18(24)21(8,20(5,6)7)16-19(2,3)4/h9-16H2,1-8H3. The van der Waals surface area contributed by atoms with Gasteiger partial charge in [0.15, 0.2) is 6.61 Å². The van der Waals surface area contributed by atoms with Gasteiger partial charge in [-0.25, -0.2) is 4.79 Å².